The van der Waals surface area contributed by atoms with Crippen molar-refractivity contribution in [1.82, 2.24) is 25.4 Å². The highest BCUT2D eigenvalue weighted by Gasteiger charge is 2.38. The number of pyridine rings is 1. The number of aromatic nitrogens is 5. The predicted molar refractivity (Wildman–Crippen MR) is 95.4 cm³/mol. The van der Waals surface area contributed by atoms with Gasteiger partial charge in [-0.05, 0) is 55.4 Å². The largest absolute Gasteiger partial charge is 0.435 e. The molecule has 5 nitrogen and oxygen atoms in total. The highest BCUT2D eigenvalue weighted by Crippen LogP contribution is 2.42. The van der Waals surface area contributed by atoms with Crippen molar-refractivity contribution < 1.29 is 13.2 Å². The molecular formula is C19H16F3N5. The summed E-state index contributed by atoms with van der Waals surface area (Å²) >= 11 is 0. The number of nitrogens with one attached hydrogen (secondary N) is 2. The molecule has 1 aliphatic carbocycles. The molecular weight excluding hydrogens is 355 g/mol. The van der Waals surface area contributed by atoms with Gasteiger partial charge in [-0.3, -0.25) is 10.2 Å². The summed E-state index contributed by atoms with van der Waals surface area (Å²) in [6.45, 7) is 1.93. The molecule has 0 radical (unpaired) electrons. The van der Waals surface area contributed by atoms with E-state index in [2.05, 4.69) is 20.4 Å². The minimum absolute atomic E-state index is 0.0224. The van der Waals surface area contributed by atoms with E-state index in [4.69, 9.17) is 4.98 Å². The fourth-order valence-corrected chi connectivity index (χ4v) is 4.20. The van der Waals surface area contributed by atoms with Gasteiger partial charge in [0.25, 0.3) is 0 Å². The molecule has 3 heterocycles. The maximum absolute atomic E-state index is 13.4. The number of aryl methyl sites for hydroxylation is 2. The molecule has 8 heteroatoms. The molecule has 0 aliphatic heterocycles. The van der Waals surface area contributed by atoms with Crippen molar-refractivity contribution in [3.8, 4) is 11.3 Å². The minimum atomic E-state index is -4.53. The summed E-state index contributed by atoms with van der Waals surface area (Å²) in [5, 5.41) is 14.9. The second-order valence-corrected chi connectivity index (χ2v) is 7.02. The van der Waals surface area contributed by atoms with Crippen LogP contribution in [0.25, 0.3) is 33.1 Å². The van der Waals surface area contributed by atoms with Crippen LogP contribution in [0.15, 0.2) is 18.5 Å². The molecule has 3 aromatic heterocycles. The third-order valence-electron chi connectivity index (χ3n) is 5.35. The second-order valence-electron chi connectivity index (χ2n) is 7.02. The van der Waals surface area contributed by atoms with Gasteiger partial charge >= 0.3 is 6.18 Å². The molecule has 0 fully saturated rings. The van der Waals surface area contributed by atoms with Crippen LogP contribution >= 0.6 is 0 Å². The van der Waals surface area contributed by atoms with E-state index in [0.29, 0.717) is 12.1 Å². The summed E-state index contributed by atoms with van der Waals surface area (Å²) in [6.07, 6.45) is 2.03. The topological polar surface area (TPSA) is 70.2 Å². The zero-order chi connectivity index (χ0) is 18.8. The van der Waals surface area contributed by atoms with Gasteiger partial charge in [0.15, 0.2) is 5.69 Å². The van der Waals surface area contributed by atoms with Crippen LogP contribution in [0.1, 0.15) is 35.2 Å². The fraction of sp³-hybridized carbons (Fsp3) is 0.316. The quantitative estimate of drug-likeness (QED) is 0.509. The minimum Gasteiger partial charge on any atom is -0.284 e. The van der Waals surface area contributed by atoms with Crippen molar-refractivity contribution in [3.63, 3.8) is 0 Å². The lowest BCUT2D eigenvalue weighted by atomic mass is 9.85. The molecule has 0 atom stereocenters. The Hall–Kier alpha value is -2.90. The fourth-order valence-electron chi connectivity index (χ4n) is 4.20. The third-order valence-corrected chi connectivity index (χ3v) is 5.35. The number of nitrogens with zero attached hydrogens (tertiary/aromatic N) is 3. The highest BCUT2D eigenvalue weighted by molar-refractivity contribution is 6.09. The van der Waals surface area contributed by atoms with E-state index in [0.717, 1.165) is 57.8 Å². The average molecular weight is 371 g/mol. The van der Waals surface area contributed by atoms with Crippen LogP contribution in [0.2, 0.25) is 0 Å². The first-order valence-corrected chi connectivity index (χ1v) is 8.84. The van der Waals surface area contributed by atoms with Gasteiger partial charge in [0.2, 0.25) is 0 Å². The molecule has 0 saturated heterocycles. The Labute approximate surface area is 152 Å². The molecule has 0 spiro atoms. The van der Waals surface area contributed by atoms with Crippen LogP contribution in [0, 0.1) is 6.92 Å². The van der Waals surface area contributed by atoms with Crippen molar-refractivity contribution in [2.45, 2.75) is 38.8 Å². The lowest BCUT2D eigenvalue weighted by molar-refractivity contribution is -0.140. The number of alkyl halides is 3. The van der Waals surface area contributed by atoms with Crippen LogP contribution < -0.4 is 0 Å². The average Bonchev–Trinajstić information content (AvgIpc) is 3.29. The lowest BCUT2D eigenvalue weighted by Gasteiger charge is -2.22. The number of rotatable bonds is 1. The number of benzene rings is 1. The van der Waals surface area contributed by atoms with Crippen LogP contribution in [0.3, 0.4) is 0 Å². The number of H-pyrrole nitrogens is 2. The Morgan fingerprint density at radius 1 is 1.11 bits per heavy atom. The number of fused-ring (bicyclic) bond motifs is 5. The molecule has 4 aromatic rings. The molecule has 1 aliphatic rings. The van der Waals surface area contributed by atoms with Gasteiger partial charge in [0.05, 0.1) is 28.5 Å². The molecule has 5 rings (SSSR count). The highest BCUT2D eigenvalue weighted by atomic mass is 19.4. The molecule has 138 valence electrons. The zero-order valence-electron chi connectivity index (χ0n) is 14.5. The molecule has 0 unspecified atom stereocenters. The maximum atomic E-state index is 13.4. The van der Waals surface area contributed by atoms with Gasteiger partial charge < -0.3 is 0 Å². The lowest BCUT2D eigenvalue weighted by Crippen LogP contribution is -2.11. The van der Waals surface area contributed by atoms with E-state index >= 15 is 0 Å². The SMILES string of the molecule is Cc1cc2[nH]ncc2c2c3c(c(-c4c[nH]nc4C(F)(F)F)nc12)CCCC3. The van der Waals surface area contributed by atoms with Crippen LogP contribution in [-0.4, -0.2) is 25.4 Å². The Morgan fingerprint density at radius 2 is 1.89 bits per heavy atom. The van der Waals surface area contributed by atoms with E-state index < -0.39 is 11.9 Å². The molecule has 1 aromatic carbocycles. The van der Waals surface area contributed by atoms with Gasteiger partial charge in [-0.15, -0.1) is 0 Å². The summed E-state index contributed by atoms with van der Waals surface area (Å²) in [7, 11) is 0. The van der Waals surface area contributed by atoms with E-state index in [9.17, 15) is 13.2 Å². The monoisotopic (exact) mass is 371 g/mol. The number of hydrogen-bond donors (Lipinski definition) is 2. The summed E-state index contributed by atoms with van der Waals surface area (Å²) in [4.78, 5) is 4.73. The Kier molecular flexibility index (Phi) is 3.35. The first-order chi connectivity index (χ1) is 12.9. The standard InChI is InChI=1S/C19H16F3N5/c1-9-6-14-12(7-23-26-14)15-10-4-2-3-5-11(10)17(25-16(9)15)13-8-24-27-18(13)19(20,21)22/h6-8H,2-5H2,1H3,(H,23,26)(H,24,27). The van der Waals surface area contributed by atoms with Crippen molar-refractivity contribution in [3.05, 3.63) is 40.8 Å². The third kappa shape index (κ3) is 2.35. The van der Waals surface area contributed by atoms with Gasteiger partial charge in [-0.2, -0.15) is 23.4 Å². The molecule has 0 saturated carbocycles. The number of hydrogen-bond acceptors (Lipinski definition) is 3. The van der Waals surface area contributed by atoms with Crippen molar-refractivity contribution in [1.29, 1.82) is 0 Å². The van der Waals surface area contributed by atoms with E-state index in [1.165, 1.54) is 6.20 Å². The van der Waals surface area contributed by atoms with Gasteiger partial charge in [-0.1, -0.05) is 0 Å². The van der Waals surface area contributed by atoms with Gasteiger partial charge in [0.1, 0.15) is 0 Å². The normalized spacial score (nSPS) is 14.8. The smallest absolute Gasteiger partial charge is 0.284 e. The van der Waals surface area contributed by atoms with Crippen LogP contribution in [0.4, 0.5) is 13.2 Å². The Bertz CT molecular complexity index is 1190. The van der Waals surface area contributed by atoms with Crippen LogP contribution in [0.5, 0.6) is 0 Å². The summed E-state index contributed by atoms with van der Waals surface area (Å²) < 4.78 is 40.3. The van der Waals surface area contributed by atoms with Crippen molar-refractivity contribution in [2.75, 3.05) is 0 Å². The van der Waals surface area contributed by atoms with Crippen molar-refractivity contribution in [2.24, 2.45) is 0 Å². The molecule has 0 amide bonds. The molecule has 27 heavy (non-hydrogen) atoms. The molecule has 2 N–H and O–H groups in total. The van der Waals surface area contributed by atoms with E-state index in [1.54, 1.807) is 6.20 Å². The Morgan fingerprint density at radius 3 is 2.67 bits per heavy atom. The summed E-state index contributed by atoms with van der Waals surface area (Å²) in [5.74, 6) is 0. The van der Waals surface area contributed by atoms with E-state index in [-0.39, 0.29) is 5.56 Å². The summed E-state index contributed by atoms with van der Waals surface area (Å²) in [5.41, 5.74) is 4.05. The van der Waals surface area contributed by atoms with E-state index in [1.807, 2.05) is 13.0 Å². The van der Waals surface area contributed by atoms with Gasteiger partial charge in [-0.25, -0.2) is 4.98 Å². The van der Waals surface area contributed by atoms with Gasteiger partial charge in [0, 0.05) is 17.0 Å². The van der Waals surface area contributed by atoms with Crippen LogP contribution in [-0.2, 0) is 19.0 Å². The first-order valence-electron chi connectivity index (χ1n) is 8.84. The van der Waals surface area contributed by atoms with Crippen molar-refractivity contribution >= 4 is 21.8 Å². The summed E-state index contributed by atoms with van der Waals surface area (Å²) in [6, 6.07) is 1.94. The first kappa shape index (κ1) is 16.3. The number of halogens is 3. The number of aromatic amines is 2. The Balaban J connectivity index is 1.91. The second kappa shape index (κ2) is 5.55. The maximum Gasteiger partial charge on any atom is 0.435 e. The zero-order valence-corrected chi connectivity index (χ0v) is 14.5. The predicted octanol–water partition coefficient (Wildman–Crippen LogP) is 4.71. The molecule has 0 bridgehead atoms.